The molecule has 4 aromatic rings. The summed E-state index contributed by atoms with van der Waals surface area (Å²) in [5.41, 5.74) is 3.78. The molecule has 0 aliphatic rings. The number of rotatable bonds is 8. The lowest BCUT2D eigenvalue weighted by molar-refractivity contribution is -0.384. The van der Waals surface area contributed by atoms with Crippen LogP contribution in [0.15, 0.2) is 87.5 Å². The Morgan fingerprint density at radius 3 is 2.39 bits per heavy atom. The third kappa shape index (κ3) is 5.74. The first-order chi connectivity index (χ1) is 17.4. The number of non-ortho nitro benzene ring substituents is 1. The van der Waals surface area contributed by atoms with Crippen molar-refractivity contribution in [3.05, 3.63) is 110 Å². The van der Waals surface area contributed by atoms with E-state index in [1.807, 2.05) is 67.8 Å². The second-order valence-corrected chi connectivity index (χ2v) is 10.1. The number of aryl methyl sites for hydroxylation is 1. The van der Waals surface area contributed by atoms with Gasteiger partial charge in [0.1, 0.15) is 11.6 Å². The van der Waals surface area contributed by atoms with Gasteiger partial charge in [-0.2, -0.15) is 5.26 Å². The van der Waals surface area contributed by atoms with E-state index in [4.69, 9.17) is 0 Å². The molecule has 2 aromatic heterocycles. The fourth-order valence-corrected chi connectivity index (χ4v) is 5.21. The Bertz CT molecular complexity index is 1460. The summed E-state index contributed by atoms with van der Waals surface area (Å²) in [6, 6.07) is 22.3. The maximum absolute atomic E-state index is 12.5. The van der Waals surface area contributed by atoms with Crippen molar-refractivity contribution in [3.63, 3.8) is 0 Å². The highest BCUT2D eigenvalue weighted by Gasteiger charge is 2.14. The Balaban J connectivity index is 1.50. The Hall–Kier alpha value is -4.13. The fourth-order valence-electron chi connectivity index (χ4n) is 3.75. The van der Waals surface area contributed by atoms with Crippen molar-refractivity contribution < 1.29 is 9.72 Å². The third-order valence-electron chi connectivity index (χ3n) is 5.52. The summed E-state index contributed by atoms with van der Waals surface area (Å²) in [5, 5.41) is 25.2. The standard InChI is InChI=1S/C27H22N4O3S2/c1-18-14-20(15-21(16-28)27(32)29-17-26-4-3-13-35-26)19(2)30(18)22-5-9-24(10-6-22)36-25-11-7-23(8-12-25)31(33)34/h3-15H,17H2,1-2H3,(H,29,32)/b21-15+. The zero-order valence-electron chi connectivity index (χ0n) is 19.6. The molecule has 9 heteroatoms. The van der Waals surface area contributed by atoms with Crippen molar-refractivity contribution in [2.75, 3.05) is 0 Å². The zero-order valence-corrected chi connectivity index (χ0v) is 21.2. The average molecular weight is 515 g/mol. The highest BCUT2D eigenvalue weighted by Crippen LogP contribution is 2.30. The normalized spacial score (nSPS) is 11.2. The molecule has 7 nitrogen and oxygen atoms in total. The maximum Gasteiger partial charge on any atom is 0.269 e. The van der Waals surface area contributed by atoms with Crippen LogP contribution in [0.3, 0.4) is 0 Å². The van der Waals surface area contributed by atoms with Gasteiger partial charge in [-0.05, 0) is 79.4 Å². The molecular formula is C27H22N4O3S2. The highest BCUT2D eigenvalue weighted by atomic mass is 32.2. The van der Waals surface area contributed by atoms with Crippen LogP contribution < -0.4 is 5.32 Å². The van der Waals surface area contributed by atoms with Crippen LogP contribution in [0.25, 0.3) is 11.8 Å². The van der Waals surface area contributed by atoms with Crippen LogP contribution in [0, 0.1) is 35.3 Å². The molecule has 0 spiro atoms. The molecule has 2 aromatic carbocycles. The molecule has 0 aliphatic heterocycles. The molecule has 36 heavy (non-hydrogen) atoms. The Labute approximate surface area is 216 Å². The van der Waals surface area contributed by atoms with Gasteiger partial charge < -0.3 is 9.88 Å². The lowest BCUT2D eigenvalue weighted by Gasteiger charge is -2.11. The van der Waals surface area contributed by atoms with E-state index in [-0.39, 0.29) is 11.3 Å². The summed E-state index contributed by atoms with van der Waals surface area (Å²) in [5.74, 6) is -0.400. The number of nitro benzene ring substituents is 1. The molecule has 0 saturated carbocycles. The summed E-state index contributed by atoms with van der Waals surface area (Å²) in [6.45, 7) is 4.32. The van der Waals surface area contributed by atoms with E-state index < -0.39 is 10.8 Å². The van der Waals surface area contributed by atoms with Gasteiger partial charge in [0.15, 0.2) is 0 Å². The van der Waals surface area contributed by atoms with E-state index in [0.29, 0.717) is 6.54 Å². The van der Waals surface area contributed by atoms with E-state index in [0.717, 1.165) is 37.3 Å². The number of hydrogen-bond acceptors (Lipinski definition) is 6. The molecule has 180 valence electrons. The number of nitro groups is 1. The fraction of sp³-hybridized carbons (Fsp3) is 0.111. The molecule has 0 bridgehead atoms. The molecule has 2 heterocycles. The number of amides is 1. The monoisotopic (exact) mass is 514 g/mol. The van der Waals surface area contributed by atoms with Crippen LogP contribution in [0.2, 0.25) is 0 Å². The van der Waals surface area contributed by atoms with Crippen molar-refractivity contribution in [1.82, 2.24) is 9.88 Å². The first-order valence-corrected chi connectivity index (χ1v) is 12.7. The second-order valence-electron chi connectivity index (χ2n) is 7.94. The topological polar surface area (TPSA) is 101 Å². The van der Waals surface area contributed by atoms with E-state index >= 15 is 0 Å². The SMILES string of the molecule is Cc1cc(/C=C(\C#N)C(=O)NCc2cccs2)c(C)n1-c1ccc(Sc2ccc([N+](=O)[O-])cc2)cc1. The van der Waals surface area contributed by atoms with Gasteiger partial charge in [-0.1, -0.05) is 17.8 Å². The van der Waals surface area contributed by atoms with E-state index in [1.165, 1.54) is 23.9 Å². The number of hydrogen-bond donors (Lipinski definition) is 1. The molecule has 0 aliphatic carbocycles. The predicted octanol–water partition coefficient (Wildman–Crippen LogP) is 6.44. The van der Waals surface area contributed by atoms with Gasteiger partial charge in [0, 0.05) is 43.9 Å². The summed E-state index contributed by atoms with van der Waals surface area (Å²) < 4.78 is 2.07. The van der Waals surface area contributed by atoms with Crippen LogP contribution in [0.1, 0.15) is 21.8 Å². The summed E-state index contributed by atoms with van der Waals surface area (Å²) in [6.07, 6.45) is 1.63. The van der Waals surface area contributed by atoms with Crippen LogP contribution in [-0.4, -0.2) is 15.4 Å². The maximum atomic E-state index is 12.5. The van der Waals surface area contributed by atoms with E-state index in [2.05, 4.69) is 9.88 Å². The first-order valence-electron chi connectivity index (χ1n) is 11.0. The van der Waals surface area contributed by atoms with Gasteiger partial charge in [-0.15, -0.1) is 11.3 Å². The van der Waals surface area contributed by atoms with Crippen molar-refractivity contribution in [2.24, 2.45) is 0 Å². The molecule has 0 atom stereocenters. The van der Waals surface area contributed by atoms with E-state index in [1.54, 1.807) is 29.5 Å². The van der Waals surface area contributed by atoms with Crippen molar-refractivity contribution in [1.29, 1.82) is 5.26 Å². The van der Waals surface area contributed by atoms with Gasteiger partial charge in [-0.25, -0.2) is 0 Å². The lowest BCUT2D eigenvalue weighted by Crippen LogP contribution is -2.23. The molecule has 4 rings (SSSR count). The van der Waals surface area contributed by atoms with Crippen molar-refractivity contribution in [3.8, 4) is 11.8 Å². The smallest absolute Gasteiger partial charge is 0.269 e. The summed E-state index contributed by atoms with van der Waals surface area (Å²) in [7, 11) is 0. The van der Waals surface area contributed by atoms with Gasteiger partial charge >= 0.3 is 0 Å². The van der Waals surface area contributed by atoms with Crippen molar-refractivity contribution in [2.45, 2.75) is 30.2 Å². The number of carbonyl (C=O) groups is 1. The zero-order chi connectivity index (χ0) is 25.7. The van der Waals surface area contributed by atoms with Gasteiger partial charge in [0.2, 0.25) is 0 Å². The Morgan fingerprint density at radius 1 is 1.14 bits per heavy atom. The Morgan fingerprint density at radius 2 is 1.81 bits per heavy atom. The number of benzene rings is 2. The summed E-state index contributed by atoms with van der Waals surface area (Å²) in [4.78, 5) is 25.9. The Kier molecular flexibility index (Phi) is 7.68. The molecular weight excluding hydrogens is 492 g/mol. The molecule has 1 amide bonds. The van der Waals surface area contributed by atoms with E-state index in [9.17, 15) is 20.2 Å². The summed E-state index contributed by atoms with van der Waals surface area (Å²) >= 11 is 3.07. The van der Waals surface area contributed by atoms with Gasteiger partial charge in [0.05, 0.1) is 11.5 Å². The first kappa shape index (κ1) is 25.0. The number of aromatic nitrogens is 1. The highest BCUT2D eigenvalue weighted by molar-refractivity contribution is 7.99. The molecule has 0 radical (unpaired) electrons. The van der Waals surface area contributed by atoms with Crippen LogP contribution in [0.5, 0.6) is 0 Å². The van der Waals surface area contributed by atoms with Crippen LogP contribution in [0.4, 0.5) is 5.69 Å². The minimum absolute atomic E-state index is 0.0571. The minimum Gasteiger partial charge on any atom is -0.347 e. The number of nitrogens with zero attached hydrogens (tertiary/aromatic N) is 3. The average Bonchev–Trinajstić information content (AvgIpc) is 3.49. The second kappa shape index (κ2) is 11.1. The lowest BCUT2D eigenvalue weighted by atomic mass is 10.1. The molecule has 1 N–H and O–H groups in total. The number of nitriles is 1. The largest absolute Gasteiger partial charge is 0.347 e. The van der Waals surface area contributed by atoms with Crippen molar-refractivity contribution >= 4 is 40.8 Å². The third-order valence-corrected chi connectivity index (χ3v) is 7.41. The quantitative estimate of drug-likeness (QED) is 0.126. The van der Waals surface area contributed by atoms with Crippen LogP contribution >= 0.6 is 23.1 Å². The van der Waals surface area contributed by atoms with Crippen LogP contribution in [-0.2, 0) is 11.3 Å². The predicted molar refractivity (Wildman–Crippen MR) is 142 cm³/mol. The van der Waals surface area contributed by atoms with Gasteiger partial charge in [0.25, 0.3) is 11.6 Å². The number of nitrogens with one attached hydrogen (secondary N) is 1. The number of thiophene rings is 1. The number of carbonyl (C=O) groups excluding carboxylic acids is 1. The minimum atomic E-state index is -0.411. The molecule has 0 saturated heterocycles. The molecule has 0 unspecified atom stereocenters. The van der Waals surface area contributed by atoms with Gasteiger partial charge in [-0.3, -0.25) is 14.9 Å². The molecule has 0 fully saturated rings.